The zero-order chi connectivity index (χ0) is 20.9. The largest absolute Gasteiger partial charge is 0.493 e. The third-order valence-corrected chi connectivity index (χ3v) is 5.84. The lowest BCUT2D eigenvalue weighted by Gasteiger charge is -2.18. The van der Waals surface area contributed by atoms with E-state index in [-0.39, 0.29) is 0 Å². The highest BCUT2D eigenvalue weighted by molar-refractivity contribution is 9.10. The normalized spacial score (nSPS) is 10.8. The Morgan fingerprint density at radius 2 is 1.70 bits per heavy atom. The fourth-order valence-electron chi connectivity index (χ4n) is 3.59. The smallest absolute Gasteiger partial charge is 0.167 e. The molecule has 0 saturated carbocycles. The van der Waals surface area contributed by atoms with Crippen LogP contribution < -0.4 is 14.8 Å². The minimum absolute atomic E-state index is 0.482. The third kappa shape index (κ3) is 4.44. The summed E-state index contributed by atoms with van der Waals surface area (Å²) in [5.74, 6) is 1.47. The highest BCUT2D eigenvalue weighted by Crippen LogP contribution is 2.37. The molecule has 0 aliphatic rings. The van der Waals surface area contributed by atoms with Gasteiger partial charge in [-0.05, 0) is 36.1 Å². The third-order valence-electron chi connectivity index (χ3n) is 5.10. The molecule has 0 spiro atoms. The Kier molecular flexibility index (Phi) is 6.24. The van der Waals surface area contributed by atoms with Crippen LogP contribution in [-0.4, -0.2) is 7.11 Å². The van der Waals surface area contributed by atoms with E-state index in [9.17, 15) is 0 Å². The van der Waals surface area contributed by atoms with Gasteiger partial charge in [-0.1, -0.05) is 82.2 Å². The first-order chi connectivity index (χ1) is 14.7. The van der Waals surface area contributed by atoms with Crippen LogP contribution in [0.3, 0.4) is 0 Å². The van der Waals surface area contributed by atoms with E-state index < -0.39 is 0 Å². The number of anilines is 1. The van der Waals surface area contributed by atoms with Crippen LogP contribution in [0, 0.1) is 6.92 Å². The van der Waals surface area contributed by atoms with Crippen molar-refractivity contribution >= 4 is 32.4 Å². The summed E-state index contributed by atoms with van der Waals surface area (Å²) >= 11 is 3.70. The van der Waals surface area contributed by atoms with E-state index >= 15 is 0 Å². The van der Waals surface area contributed by atoms with Gasteiger partial charge in [0.1, 0.15) is 6.61 Å². The lowest BCUT2D eigenvalue weighted by molar-refractivity contribution is 0.281. The van der Waals surface area contributed by atoms with Crippen LogP contribution in [0.1, 0.15) is 16.7 Å². The minimum atomic E-state index is 0.482. The number of benzene rings is 4. The first kappa shape index (κ1) is 20.3. The Hall–Kier alpha value is -2.98. The molecule has 0 fully saturated rings. The van der Waals surface area contributed by atoms with Gasteiger partial charge in [0.25, 0.3) is 0 Å². The summed E-state index contributed by atoms with van der Waals surface area (Å²) in [6, 6.07) is 26.9. The summed E-state index contributed by atoms with van der Waals surface area (Å²) in [4.78, 5) is 0. The number of hydrogen-bond donors (Lipinski definition) is 1. The highest BCUT2D eigenvalue weighted by atomic mass is 79.9. The monoisotopic (exact) mass is 461 g/mol. The molecule has 4 aromatic rings. The molecular weight excluding hydrogens is 438 g/mol. The summed E-state index contributed by atoms with van der Waals surface area (Å²) < 4.78 is 12.8. The maximum Gasteiger partial charge on any atom is 0.167 e. The van der Waals surface area contributed by atoms with E-state index in [1.165, 1.54) is 16.3 Å². The molecule has 4 heteroatoms. The Morgan fingerprint density at radius 1 is 0.900 bits per heavy atom. The maximum atomic E-state index is 6.26. The van der Waals surface area contributed by atoms with Crippen LogP contribution in [-0.2, 0) is 13.2 Å². The van der Waals surface area contributed by atoms with E-state index in [2.05, 4.69) is 94.9 Å². The molecule has 30 heavy (non-hydrogen) atoms. The number of methoxy groups -OCH3 is 1. The number of fused-ring (bicyclic) bond motifs is 1. The van der Waals surface area contributed by atoms with Crippen molar-refractivity contribution in [3.8, 4) is 11.5 Å². The van der Waals surface area contributed by atoms with Crippen molar-refractivity contribution in [3.63, 3.8) is 0 Å². The van der Waals surface area contributed by atoms with Gasteiger partial charge in [-0.3, -0.25) is 0 Å². The van der Waals surface area contributed by atoms with Gasteiger partial charge in [0, 0.05) is 27.7 Å². The van der Waals surface area contributed by atoms with Gasteiger partial charge in [-0.2, -0.15) is 0 Å². The second-order valence-electron chi connectivity index (χ2n) is 7.22. The minimum Gasteiger partial charge on any atom is -0.493 e. The van der Waals surface area contributed by atoms with Gasteiger partial charge in [0.05, 0.1) is 7.11 Å². The number of ether oxygens (including phenoxy) is 2. The summed E-state index contributed by atoms with van der Waals surface area (Å²) in [6.45, 7) is 3.17. The maximum absolute atomic E-state index is 6.26. The Bertz CT molecular complexity index is 1170. The molecule has 4 rings (SSSR count). The van der Waals surface area contributed by atoms with Crippen LogP contribution in [0.4, 0.5) is 5.69 Å². The molecular formula is C26H24BrNO2. The quantitative estimate of drug-likeness (QED) is 0.318. The van der Waals surface area contributed by atoms with E-state index in [1.807, 2.05) is 12.1 Å². The van der Waals surface area contributed by atoms with Crippen molar-refractivity contribution in [2.24, 2.45) is 0 Å². The van der Waals surface area contributed by atoms with E-state index in [0.717, 1.165) is 32.8 Å². The molecule has 0 heterocycles. The van der Waals surface area contributed by atoms with Gasteiger partial charge >= 0.3 is 0 Å². The fourth-order valence-corrected chi connectivity index (χ4v) is 4.04. The Balaban J connectivity index is 1.62. The molecule has 0 aliphatic heterocycles. The van der Waals surface area contributed by atoms with E-state index in [1.54, 1.807) is 7.11 Å². The van der Waals surface area contributed by atoms with Crippen LogP contribution in [0.2, 0.25) is 0 Å². The molecule has 152 valence electrons. The number of halogens is 1. The summed E-state index contributed by atoms with van der Waals surface area (Å²) in [7, 11) is 1.67. The van der Waals surface area contributed by atoms with Crippen molar-refractivity contribution in [2.45, 2.75) is 20.1 Å². The molecule has 0 radical (unpaired) electrons. The number of nitrogens with one attached hydrogen (secondary N) is 1. The first-order valence-corrected chi connectivity index (χ1v) is 10.7. The van der Waals surface area contributed by atoms with Gasteiger partial charge in [-0.25, -0.2) is 0 Å². The van der Waals surface area contributed by atoms with Crippen LogP contribution in [0.5, 0.6) is 11.5 Å². The summed E-state index contributed by atoms with van der Waals surface area (Å²) in [6.07, 6.45) is 0. The number of hydrogen-bond acceptors (Lipinski definition) is 3. The van der Waals surface area contributed by atoms with Gasteiger partial charge in [0.15, 0.2) is 11.5 Å². The van der Waals surface area contributed by atoms with Crippen LogP contribution in [0.15, 0.2) is 83.3 Å². The standard InChI is InChI=1S/C26H24BrNO2/c1-18-7-5-8-19(15-18)17-30-26-22(23(27)13-14-25(26)29-2)16-28-24-12-6-10-20-9-3-4-11-21(20)24/h3-15,28H,16-17H2,1-2H3. The molecule has 4 aromatic carbocycles. The van der Waals surface area contributed by atoms with Crippen molar-refractivity contribution in [1.29, 1.82) is 0 Å². The zero-order valence-electron chi connectivity index (χ0n) is 17.1. The molecule has 1 N–H and O–H groups in total. The fraction of sp³-hybridized carbons (Fsp3) is 0.154. The number of rotatable bonds is 7. The predicted octanol–water partition coefficient (Wildman–Crippen LogP) is 7.11. The molecule has 0 bridgehead atoms. The van der Waals surface area contributed by atoms with E-state index in [0.29, 0.717) is 13.2 Å². The molecule has 0 saturated heterocycles. The van der Waals surface area contributed by atoms with E-state index in [4.69, 9.17) is 9.47 Å². The van der Waals surface area contributed by atoms with Gasteiger partial charge in [-0.15, -0.1) is 0 Å². The highest BCUT2D eigenvalue weighted by Gasteiger charge is 2.15. The zero-order valence-corrected chi connectivity index (χ0v) is 18.7. The second-order valence-corrected chi connectivity index (χ2v) is 8.07. The first-order valence-electron chi connectivity index (χ1n) is 9.91. The molecule has 0 unspecified atom stereocenters. The Labute approximate surface area is 185 Å². The molecule has 0 amide bonds. The lowest BCUT2D eigenvalue weighted by Crippen LogP contribution is -2.06. The average molecular weight is 462 g/mol. The summed E-state index contributed by atoms with van der Waals surface area (Å²) in [5.41, 5.74) is 4.46. The topological polar surface area (TPSA) is 30.5 Å². The Morgan fingerprint density at radius 3 is 2.53 bits per heavy atom. The van der Waals surface area contributed by atoms with Gasteiger partial charge < -0.3 is 14.8 Å². The average Bonchev–Trinajstić information content (AvgIpc) is 2.77. The number of aryl methyl sites for hydroxylation is 1. The van der Waals surface area contributed by atoms with Crippen LogP contribution >= 0.6 is 15.9 Å². The second kappa shape index (κ2) is 9.23. The molecule has 0 atom stereocenters. The van der Waals surface area contributed by atoms with Crippen LogP contribution in [0.25, 0.3) is 10.8 Å². The SMILES string of the molecule is COc1ccc(Br)c(CNc2cccc3ccccc23)c1OCc1cccc(C)c1. The van der Waals surface area contributed by atoms with Gasteiger partial charge in [0.2, 0.25) is 0 Å². The molecule has 3 nitrogen and oxygen atoms in total. The molecule has 0 aliphatic carbocycles. The van der Waals surface area contributed by atoms with Crippen molar-refractivity contribution < 1.29 is 9.47 Å². The molecule has 0 aromatic heterocycles. The predicted molar refractivity (Wildman–Crippen MR) is 127 cm³/mol. The lowest BCUT2D eigenvalue weighted by atomic mass is 10.1. The van der Waals surface area contributed by atoms with Crippen molar-refractivity contribution in [3.05, 3.63) is 100 Å². The van der Waals surface area contributed by atoms with Crippen molar-refractivity contribution in [1.82, 2.24) is 0 Å². The summed E-state index contributed by atoms with van der Waals surface area (Å²) in [5, 5.41) is 5.99. The van der Waals surface area contributed by atoms with Crippen molar-refractivity contribution in [2.75, 3.05) is 12.4 Å².